The average molecular weight is 506 g/mol. The smallest absolute Gasteiger partial charge is 0.322 e. The summed E-state index contributed by atoms with van der Waals surface area (Å²) in [7, 11) is 1.78. The maximum atomic E-state index is 12.1. The number of rotatable bonds is 4. The highest BCUT2D eigenvalue weighted by atomic mass is 127. The molecular weight excluding hydrogens is 479 g/mol. The standard InChI is InChI=1S/C17H26N6O2S.HI/c1-4-12-9-19-13(26-12)10-20-15(18-3)23-7-5-11(6-8-23)17(2)14(24)21-16(25)22-17;/h9,11H,4-8,10H2,1-3H3,(H,18,20)(H2,21,22,24,25);1H. The Morgan fingerprint density at radius 2 is 2.15 bits per heavy atom. The van der Waals surface area contributed by atoms with Crippen molar-refractivity contribution in [2.75, 3.05) is 20.1 Å². The van der Waals surface area contributed by atoms with Crippen LogP contribution in [0.15, 0.2) is 11.2 Å². The Labute approximate surface area is 180 Å². The molecule has 0 aromatic carbocycles. The second-order valence-corrected chi connectivity index (χ2v) is 8.05. The minimum atomic E-state index is -0.808. The Bertz CT molecular complexity index is 716. The van der Waals surface area contributed by atoms with Crippen molar-refractivity contribution in [1.29, 1.82) is 0 Å². The first-order chi connectivity index (χ1) is 12.5. The van der Waals surface area contributed by atoms with Gasteiger partial charge in [0.15, 0.2) is 5.96 Å². The van der Waals surface area contributed by atoms with Gasteiger partial charge in [0.05, 0.1) is 6.54 Å². The summed E-state index contributed by atoms with van der Waals surface area (Å²) in [4.78, 5) is 35.9. The fourth-order valence-electron chi connectivity index (χ4n) is 3.59. The molecule has 1 aromatic rings. The van der Waals surface area contributed by atoms with Crippen molar-refractivity contribution in [3.05, 3.63) is 16.1 Å². The largest absolute Gasteiger partial charge is 0.350 e. The van der Waals surface area contributed by atoms with Crippen LogP contribution in [0.2, 0.25) is 0 Å². The van der Waals surface area contributed by atoms with Crippen molar-refractivity contribution in [2.24, 2.45) is 10.9 Å². The Morgan fingerprint density at radius 1 is 1.44 bits per heavy atom. The first kappa shape index (κ1) is 21.9. The number of halogens is 1. The quantitative estimate of drug-likeness (QED) is 0.250. The van der Waals surface area contributed by atoms with Crippen LogP contribution in [-0.4, -0.2) is 53.5 Å². The summed E-state index contributed by atoms with van der Waals surface area (Å²) >= 11 is 1.72. The van der Waals surface area contributed by atoms with Crippen LogP contribution in [0.1, 0.15) is 36.6 Å². The Morgan fingerprint density at radius 3 is 2.67 bits per heavy atom. The minimum Gasteiger partial charge on any atom is -0.350 e. The fraction of sp³-hybridized carbons (Fsp3) is 0.647. The van der Waals surface area contributed by atoms with Crippen molar-refractivity contribution in [2.45, 2.75) is 45.2 Å². The van der Waals surface area contributed by atoms with Crippen LogP contribution in [0.3, 0.4) is 0 Å². The van der Waals surface area contributed by atoms with Gasteiger partial charge in [0.2, 0.25) is 0 Å². The molecule has 150 valence electrons. The van der Waals surface area contributed by atoms with Gasteiger partial charge in [-0.25, -0.2) is 9.78 Å². The van der Waals surface area contributed by atoms with Crippen molar-refractivity contribution in [3.8, 4) is 0 Å². The number of carbonyl (C=O) groups is 2. The molecule has 2 saturated heterocycles. The van der Waals surface area contributed by atoms with Crippen LogP contribution in [0.25, 0.3) is 0 Å². The third-order valence-electron chi connectivity index (χ3n) is 5.24. The lowest BCUT2D eigenvalue weighted by Gasteiger charge is -2.39. The van der Waals surface area contributed by atoms with E-state index in [1.54, 1.807) is 18.4 Å². The highest BCUT2D eigenvalue weighted by Gasteiger charge is 2.48. The summed E-state index contributed by atoms with van der Waals surface area (Å²) in [6, 6.07) is -0.396. The molecule has 0 bridgehead atoms. The molecule has 8 nitrogen and oxygen atoms in total. The predicted octanol–water partition coefficient (Wildman–Crippen LogP) is 1.71. The molecule has 1 atom stereocenters. The first-order valence-corrected chi connectivity index (χ1v) is 9.80. The summed E-state index contributed by atoms with van der Waals surface area (Å²) in [5.74, 6) is 0.745. The zero-order valence-corrected chi connectivity index (χ0v) is 19.0. The third-order valence-corrected chi connectivity index (χ3v) is 6.38. The SMILES string of the molecule is CCc1cnc(CNC(=NC)N2CCC(C3(C)NC(=O)NC3=O)CC2)s1.I. The number of imide groups is 1. The van der Waals surface area contributed by atoms with E-state index in [-0.39, 0.29) is 35.8 Å². The fourth-order valence-corrected chi connectivity index (χ4v) is 4.40. The minimum absolute atomic E-state index is 0. The molecule has 0 spiro atoms. The second-order valence-electron chi connectivity index (χ2n) is 6.85. The van der Waals surface area contributed by atoms with Crippen molar-refractivity contribution < 1.29 is 9.59 Å². The van der Waals surface area contributed by atoms with Gasteiger partial charge < -0.3 is 15.5 Å². The number of hydrogen-bond donors (Lipinski definition) is 3. The molecule has 1 unspecified atom stereocenters. The topological polar surface area (TPSA) is 98.7 Å². The van der Waals surface area contributed by atoms with E-state index in [2.05, 4.69) is 37.8 Å². The summed E-state index contributed by atoms with van der Waals surface area (Å²) in [5, 5.41) is 9.57. The number of nitrogens with one attached hydrogen (secondary N) is 3. The molecule has 3 rings (SSSR count). The van der Waals surface area contributed by atoms with E-state index in [1.807, 2.05) is 13.1 Å². The molecule has 2 fully saturated rings. The zero-order chi connectivity index (χ0) is 18.7. The molecule has 10 heteroatoms. The molecule has 3 N–H and O–H groups in total. The number of aryl methyl sites for hydroxylation is 1. The van der Waals surface area contributed by atoms with Crippen molar-refractivity contribution in [1.82, 2.24) is 25.8 Å². The normalized spacial score (nSPS) is 23.7. The average Bonchev–Trinajstić information content (AvgIpc) is 3.20. The lowest BCUT2D eigenvalue weighted by molar-refractivity contribution is -0.125. The summed E-state index contributed by atoms with van der Waals surface area (Å²) in [5.41, 5.74) is -0.808. The number of piperidine rings is 1. The lowest BCUT2D eigenvalue weighted by atomic mass is 9.79. The number of hydrogen-bond acceptors (Lipinski definition) is 5. The molecule has 0 aliphatic carbocycles. The highest BCUT2D eigenvalue weighted by molar-refractivity contribution is 14.0. The van der Waals surface area contributed by atoms with Gasteiger partial charge in [-0.3, -0.25) is 15.1 Å². The van der Waals surface area contributed by atoms with E-state index < -0.39 is 11.6 Å². The van der Waals surface area contributed by atoms with Crippen LogP contribution in [-0.2, 0) is 17.8 Å². The third kappa shape index (κ3) is 4.71. The van der Waals surface area contributed by atoms with Crippen LogP contribution < -0.4 is 16.0 Å². The second kappa shape index (κ2) is 9.18. The van der Waals surface area contributed by atoms with Crippen LogP contribution in [0.5, 0.6) is 0 Å². The summed E-state index contributed by atoms with van der Waals surface area (Å²) in [6.07, 6.45) is 4.57. The molecule has 3 amide bonds. The number of amides is 3. The summed E-state index contributed by atoms with van der Waals surface area (Å²) in [6.45, 7) is 6.19. The van der Waals surface area contributed by atoms with Gasteiger partial charge in [0.1, 0.15) is 10.5 Å². The number of thiazole rings is 1. The maximum absolute atomic E-state index is 12.1. The van der Waals surface area contributed by atoms with E-state index in [0.29, 0.717) is 6.54 Å². The molecule has 2 aliphatic heterocycles. The number of carbonyl (C=O) groups excluding carboxylic acids is 2. The van der Waals surface area contributed by atoms with Crippen LogP contribution in [0, 0.1) is 5.92 Å². The van der Waals surface area contributed by atoms with Crippen molar-refractivity contribution >= 4 is 53.2 Å². The molecule has 0 saturated carbocycles. The number of urea groups is 1. The van der Waals surface area contributed by atoms with Gasteiger partial charge >= 0.3 is 6.03 Å². The molecule has 0 radical (unpaired) electrons. The van der Waals surface area contributed by atoms with Gasteiger partial charge in [-0.15, -0.1) is 35.3 Å². The molecular formula is C17H27IN6O2S. The number of guanidine groups is 1. The van der Waals surface area contributed by atoms with E-state index >= 15 is 0 Å². The highest BCUT2D eigenvalue weighted by Crippen LogP contribution is 2.30. The van der Waals surface area contributed by atoms with Gasteiger partial charge in [0, 0.05) is 31.2 Å². The lowest BCUT2D eigenvalue weighted by Crippen LogP contribution is -2.55. The summed E-state index contributed by atoms with van der Waals surface area (Å²) < 4.78 is 0. The molecule has 2 aliphatic rings. The molecule has 3 heterocycles. The van der Waals surface area contributed by atoms with Gasteiger partial charge in [-0.1, -0.05) is 6.92 Å². The Hall–Kier alpha value is -1.43. The molecule has 27 heavy (non-hydrogen) atoms. The van der Waals surface area contributed by atoms with Crippen LogP contribution in [0.4, 0.5) is 4.79 Å². The number of aromatic nitrogens is 1. The van der Waals surface area contributed by atoms with Crippen molar-refractivity contribution in [3.63, 3.8) is 0 Å². The zero-order valence-electron chi connectivity index (χ0n) is 15.9. The van der Waals surface area contributed by atoms with Crippen LogP contribution >= 0.6 is 35.3 Å². The number of aliphatic imine (C=N–C) groups is 1. The first-order valence-electron chi connectivity index (χ1n) is 8.99. The maximum Gasteiger partial charge on any atom is 0.322 e. The number of likely N-dealkylation sites (tertiary alicyclic amines) is 1. The van der Waals surface area contributed by atoms with E-state index in [9.17, 15) is 9.59 Å². The Balaban J connectivity index is 0.00000261. The van der Waals surface area contributed by atoms with E-state index in [1.165, 1.54) is 4.88 Å². The predicted molar refractivity (Wildman–Crippen MR) is 116 cm³/mol. The van der Waals surface area contributed by atoms with Gasteiger partial charge in [-0.05, 0) is 32.1 Å². The van der Waals surface area contributed by atoms with E-state index in [4.69, 9.17) is 0 Å². The monoisotopic (exact) mass is 506 g/mol. The van der Waals surface area contributed by atoms with Gasteiger partial charge in [0.25, 0.3) is 5.91 Å². The Kier molecular flexibility index (Phi) is 7.43. The number of nitrogens with zero attached hydrogens (tertiary/aromatic N) is 3. The molecule has 1 aromatic heterocycles. The van der Waals surface area contributed by atoms with Gasteiger partial charge in [-0.2, -0.15) is 0 Å². The van der Waals surface area contributed by atoms with E-state index in [0.717, 1.165) is 43.3 Å².